The number of carbonyl (C=O) groups is 2. The van der Waals surface area contributed by atoms with Crippen molar-refractivity contribution < 1.29 is 28.2 Å². The summed E-state index contributed by atoms with van der Waals surface area (Å²) < 4.78 is 29.4. The molecule has 0 radical (unpaired) electrons. The van der Waals surface area contributed by atoms with Gasteiger partial charge in [0.25, 0.3) is 0 Å². The highest BCUT2D eigenvalue weighted by atomic mass is 19.1. The summed E-state index contributed by atoms with van der Waals surface area (Å²) in [5.74, 6) is 0.686. The van der Waals surface area contributed by atoms with Gasteiger partial charge in [-0.25, -0.2) is 4.39 Å². The molecule has 0 N–H and O–H groups in total. The molecule has 0 fully saturated rings. The molecule has 30 heavy (non-hydrogen) atoms. The zero-order chi connectivity index (χ0) is 21.1. The Hall–Kier alpha value is -3.93. The Kier molecular flexibility index (Phi) is 5.30. The van der Waals surface area contributed by atoms with Crippen LogP contribution in [-0.2, 0) is 0 Å². The minimum atomic E-state index is -0.411. The molecule has 0 aliphatic carbocycles. The lowest BCUT2D eigenvalue weighted by Crippen LogP contribution is -2.11. The Balaban J connectivity index is 1.47. The van der Waals surface area contributed by atoms with Crippen LogP contribution in [0.1, 0.15) is 26.3 Å². The molecule has 4 rings (SSSR count). The van der Waals surface area contributed by atoms with Crippen LogP contribution in [0, 0.1) is 5.82 Å². The molecule has 3 aromatic carbocycles. The average molecular weight is 404 g/mol. The topological polar surface area (TPSA) is 61.8 Å². The van der Waals surface area contributed by atoms with Crippen molar-refractivity contribution in [3.05, 3.63) is 95.0 Å². The van der Waals surface area contributed by atoms with E-state index in [1.165, 1.54) is 24.3 Å². The Morgan fingerprint density at radius 3 is 2.60 bits per heavy atom. The van der Waals surface area contributed by atoms with Crippen molar-refractivity contribution in [1.29, 1.82) is 0 Å². The normalized spacial score (nSPS) is 13.7. The lowest BCUT2D eigenvalue weighted by molar-refractivity contribution is 0.0920. The fourth-order valence-corrected chi connectivity index (χ4v) is 3.01. The van der Waals surface area contributed by atoms with Crippen LogP contribution in [0.5, 0.6) is 17.2 Å². The summed E-state index contributed by atoms with van der Waals surface area (Å²) in [7, 11) is 1.57. The number of allylic oxidation sites excluding steroid dienone is 1. The molecular weight excluding hydrogens is 387 g/mol. The van der Waals surface area contributed by atoms with E-state index in [0.717, 1.165) is 5.56 Å². The second-order valence-corrected chi connectivity index (χ2v) is 6.59. The summed E-state index contributed by atoms with van der Waals surface area (Å²) in [5, 5.41) is 0. The fourth-order valence-electron chi connectivity index (χ4n) is 3.01. The van der Waals surface area contributed by atoms with Gasteiger partial charge >= 0.3 is 0 Å². The molecule has 0 amide bonds. The highest BCUT2D eigenvalue weighted by Crippen LogP contribution is 2.35. The molecular formula is C24H17FO5. The van der Waals surface area contributed by atoms with Crippen LogP contribution in [-0.4, -0.2) is 25.3 Å². The molecule has 0 unspecified atom stereocenters. The van der Waals surface area contributed by atoms with Crippen LogP contribution < -0.4 is 14.2 Å². The van der Waals surface area contributed by atoms with E-state index in [9.17, 15) is 14.0 Å². The lowest BCUT2D eigenvalue weighted by Gasteiger charge is -2.07. The van der Waals surface area contributed by atoms with E-state index >= 15 is 0 Å². The van der Waals surface area contributed by atoms with Gasteiger partial charge in [-0.05, 0) is 60.2 Å². The van der Waals surface area contributed by atoms with E-state index in [1.807, 2.05) is 18.2 Å². The quantitative estimate of drug-likeness (QED) is 0.440. The van der Waals surface area contributed by atoms with Gasteiger partial charge in [-0.15, -0.1) is 0 Å². The summed E-state index contributed by atoms with van der Waals surface area (Å²) in [6, 6.07) is 17.3. The van der Waals surface area contributed by atoms with Gasteiger partial charge in [0, 0.05) is 11.6 Å². The minimum absolute atomic E-state index is 0.192. The first-order valence-corrected chi connectivity index (χ1v) is 9.17. The van der Waals surface area contributed by atoms with E-state index in [4.69, 9.17) is 14.2 Å². The van der Waals surface area contributed by atoms with E-state index < -0.39 is 5.82 Å². The number of ether oxygens (including phenoxy) is 3. The third-order valence-electron chi connectivity index (χ3n) is 4.57. The summed E-state index contributed by atoms with van der Waals surface area (Å²) >= 11 is 0. The number of methoxy groups -OCH3 is 1. The average Bonchev–Trinajstić information content (AvgIpc) is 3.07. The zero-order valence-electron chi connectivity index (χ0n) is 16.1. The predicted molar refractivity (Wildman–Crippen MR) is 109 cm³/mol. The minimum Gasteiger partial charge on any atom is -0.497 e. The highest BCUT2D eigenvalue weighted by molar-refractivity contribution is 6.14. The third kappa shape index (κ3) is 4.07. The van der Waals surface area contributed by atoms with E-state index in [0.29, 0.717) is 28.4 Å². The first kappa shape index (κ1) is 19.4. The molecule has 150 valence electrons. The SMILES string of the molecule is COc1cccc(C=C2Oc3cc(OCC(=O)c4ccc(F)cc4)ccc3C2=O)c1. The highest BCUT2D eigenvalue weighted by Gasteiger charge is 2.27. The fraction of sp³-hybridized carbons (Fsp3) is 0.0833. The van der Waals surface area contributed by atoms with E-state index in [1.54, 1.807) is 37.5 Å². The number of hydrogen-bond acceptors (Lipinski definition) is 5. The molecule has 6 heteroatoms. The molecule has 0 bridgehead atoms. The van der Waals surface area contributed by atoms with Crippen LogP contribution in [0.15, 0.2) is 72.5 Å². The van der Waals surface area contributed by atoms with Gasteiger partial charge in [-0.3, -0.25) is 9.59 Å². The second-order valence-electron chi connectivity index (χ2n) is 6.59. The summed E-state index contributed by atoms with van der Waals surface area (Å²) in [5.41, 5.74) is 1.54. The predicted octanol–water partition coefficient (Wildman–Crippen LogP) is 4.71. The molecule has 1 aliphatic rings. The number of halogens is 1. The number of benzene rings is 3. The second kappa shape index (κ2) is 8.21. The van der Waals surface area contributed by atoms with Gasteiger partial charge in [0.2, 0.25) is 5.78 Å². The molecule has 1 heterocycles. The van der Waals surface area contributed by atoms with Crippen LogP contribution in [0.4, 0.5) is 4.39 Å². The zero-order valence-corrected chi connectivity index (χ0v) is 16.1. The van der Waals surface area contributed by atoms with Crippen molar-refractivity contribution in [2.75, 3.05) is 13.7 Å². The van der Waals surface area contributed by atoms with E-state index in [-0.39, 0.29) is 23.9 Å². The van der Waals surface area contributed by atoms with Gasteiger partial charge in [0.1, 0.15) is 23.1 Å². The van der Waals surface area contributed by atoms with Crippen LogP contribution in [0.2, 0.25) is 0 Å². The molecule has 0 saturated carbocycles. The molecule has 0 atom stereocenters. The van der Waals surface area contributed by atoms with Gasteiger partial charge in [0.15, 0.2) is 18.1 Å². The van der Waals surface area contributed by atoms with Crippen molar-refractivity contribution in [2.24, 2.45) is 0 Å². The lowest BCUT2D eigenvalue weighted by atomic mass is 10.1. The maximum atomic E-state index is 13.0. The van der Waals surface area contributed by atoms with Gasteiger partial charge in [-0.2, -0.15) is 0 Å². The maximum absolute atomic E-state index is 13.0. The number of ketones is 2. The van der Waals surface area contributed by atoms with Gasteiger partial charge in [-0.1, -0.05) is 12.1 Å². The smallest absolute Gasteiger partial charge is 0.231 e. The summed E-state index contributed by atoms with van der Waals surface area (Å²) in [6.07, 6.45) is 1.64. The molecule has 0 saturated heterocycles. The summed E-state index contributed by atoms with van der Waals surface area (Å²) in [6.45, 7) is -0.217. The van der Waals surface area contributed by atoms with Gasteiger partial charge < -0.3 is 14.2 Å². The first-order valence-electron chi connectivity index (χ1n) is 9.17. The Morgan fingerprint density at radius 1 is 1.03 bits per heavy atom. The number of hydrogen-bond donors (Lipinski definition) is 0. The van der Waals surface area contributed by atoms with Crippen molar-refractivity contribution >= 4 is 17.6 Å². The van der Waals surface area contributed by atoms with Crippen LogP contribution in [0.3, 0.4) is 0 Å². The van der Waals surface area contributed by atoms with Gasteiger partial charge in [0.05, 0.1) is 12.7 Å². The molecule has 0 spiro atoms. The Morgan fingerprint density at radius 2 is 1.83 bits per heavy atom. The standard InChI is InChI=1S/C24H17FO5/c1-28-18-4-2-3-15(11-18)12-23-24(27)20-10-9-19(13-22(20)30-23)29-14-21(26)16-5-7-17(25)8-6-16/h2-13H,14H2,1H3. The molecule has 0 aromatic heterocycles. The number of rotatable bonds is 6. The van der Waals surface area contributed by atoms with Crippen molar-refractivity contribution in [1.82, 2.24) is 0 Å². The van der Waals surface area contributed by atoms with Crippen molar-refractivity contribution in [3.8, 4) is 17.2 Å². The Bertz CT molecular complexity index is 1150. The largest absolute Gasteiger partial charge is 0.497 e. The number of Topliss-reactive ketones (excluding diaryl/α,β-unsaturated/α-hetero) is 2. The first-order chi connectivity index (χ1) is 14.5. The van der Waals surface area contributed by atoms with Crippen molar-refractivity contribution in [3.63, 3.8) is 0 Å². The Labute approximate surface area is 172 Å². The van der Waals surface area contributed by atoms with Crippen molar-refractivity contribution in [2.45, 2.75) is 0 Å². The van der Waals surface area contributed by atoms with Crippen LogP contribution >= 0.6 is 0 Å². The monoisotopic (exact) mass is 404 g/mol. The summed E-state index contributed by atoms with van der Waals surface area (Å²) in [4.78, 5) is 24.8. The number of carbonyl (C=O) groups excluding carboxylic acids is 2. The third-order valence-corrected chi connectivity index (χ3v) is 4.57. The maximum Gasteiger partial charge on any atom is 0.231 e. The molecule has 3 aromatic rings. The van der Waals surface area contributed by atoms with Crippen LogP contribution in [0.25, 0.3) is 6.08 Å². The number of fused-ring (bicyclic) bond motifs is 1. The van der Waals surface area contributed by atoms with E-state index in [2.05, 4.69) is 0 Å². The molecule has 1 aliphatic heterocycles. The molecule has 5 nitrogen and oxygen atoms in total.